The van der Waals surface area contributed by atoms with E-state index in [1.165, 1.54) is 0 Å². The molecule has 0 aromatic heterocycles. The van der Waals surface area contributed by atoms with Gasteiger partial charge in [-0.1, -0.05) is 13.2 Å². The lowest BCUT2D eigenvalue weighted by atomic mass is 10.3. The highest BCUT2D eigenvalue weighted by atomic mass is 16.1. The summed E-state index contributed by atoms with van der Waals surface area (Å²) in [5.41, 5.74) is 2.41. The Bertz CT molecular complexity index is 245. The molecule has 0 heterocycles. The first-order valence-corrected chi connectivity index (χ1v) is 4.18. The maximum Gasteiger partial charge on any atom is 0.176 e. The van der Waals surface area contributed by atoms with E-state index >= 15 is 0 Å². The zero-order valence-electron chi connectivity index (χ0n) is 8.12. The Balaban J connectivity index is 4.37. The summed E-state index contributed by atoms with van der Waals surface area (Å²) in [6.45, 7) is 9.83. The van der Waals surface area contributed by atoms with Crippen LogP contribution in [0.1, 0.15) is 0 Å². The highest BCUT2D eigenvalue weighted by Crippen LogP contribution is 2.02. The second kappa shape index (κ2) is 6.22. The van der Waals surface area contributed by atoms with E-state index in [1.54, 1.807) is 12.0 Å². The SMILES string of the molecule is C=CC[N+](C)(CC=C)CC=C=C=O. The van der Waals surface area contributed by atoms with E-state index in [0.717, 1.165) is 24.1 Å². The Morgan fingerprint density at radius 2 is 1.77 bits per heavy atom. The summed E-state index contributed by atoms with van der Waals surface area (Å²) in [7, 11) is 2.08. The molecule has 0 N–H and O–H groups in total. The molecule has 2 nitrogen and oxygen atoms in total. The number of rotatable bonds is 6. The fourth-order valence-electron chi connectivity index (χ4n) is 1.15. The smallest absolute Gasteiger partial charge is 0.176 e. The molecule has 0 aliphatic carbocycles. The maximum atomic E-state index is 9.89. The van der Waals surface area contributed by atoms with Gasteiger partial charge in [0.1, 0.15) is 6.54 Å². The zero-order valence-corrected chi connectivity index (χ0v) is 8.12. The van der Waals surface area contributed by atoms with E-state index in [4.69, 9.17) is 0 Å². The second-order valence-electron chi connectivity index (χ2n) is 3.20. The second-order valence-corrected chi connectivity index (χ2v) is 3.20. The van der Waals surface area contributed by atoms with Crippen LogP contribution in [0.25, 0.3) is 0 Å². The Hall–Kier alpha value is -1.33. The van der Waals surface area contributed by atoms with E-state index in [-0.39, 0.29) is 0 Å². The third kappa shape index (κ3) is 5.00. The minimum Gasteiger partial charge on any atom is -0.316 e. The van der Waals surface area contributed by atoms with E-state index in [0.29, 0.717) is 0 Å². The summed E-state index contributed by atoms with van der Waals surface area (Å²) < 4.78 is 0.766. The Morgan fingerprint density at radius 3 is 2.15 bits per heavy atom. The predicted octanol–water partition coefficient (Wildman–Crippen LogP) is 1.35. The standard InChI is InChI=1S/C11H16NO/c1-4-8-12(3,9-5-2)10-6-7-11-13/h4-6H,1-2,8-10H2,3H3/q+1. The van der Waals surface area contributed by atoms with Gasteiger partial charge in [-0.25, -0.2) is 4.79 Å². The third-order valence-electron chi connectivity index (χ3n) is 1.83. The highest BCUT2D eigenvalue weighted by molar-refractivity contribution is 5.43. The lowest BCUT2D eigenvalue weighted by molar-refractivity contribution is -0.892. The summed E-state index contributed by atoms with van der Waals surface area (Å²) in [4.78, 5) is 9.89. The number of carbonyl (C=O) groups excluding carboxylic acids is 1. The molecule has 0 spiro atoms. The first-order chi connectivity index (χ1) is 6.18. The van der Waals surface area contributed by atoms with Crippen LogP contribution < -0.4 is 0 Å². The molecule has 0 aromatic carbocycles. The van der Waals surface area contributed by atoms with Gasteiger partial charge in [-0.05, 0) is 17.9 Å². The number of quaternary nitrogens is 1. The van der Waals surface area contributed by atoms with Gasteiger partial charge in [0.2, 0.25) is 0 Å². The molecule has 0 fully saturated rings. The molecule has 13 heavy (non-hydrogen) atoms. The van der Waals surface area contributed by atoms with Crippen molar-refractivity contribution in [3.63, 3.8) is 0 Å². The zero-order chi connectivity index (χ0) is 10.2. The van der Waals surface area contributed by atoms with Gasteiger partial charge in [0.15, 0.2) is 5.94 Å². The summed E-state index contributed by atoms with van der Waals surface area (Å²) in [6.07, 6.45) is 5.42. The molecule has 0 aliphatic rings. The van der Waals surface area contributed by atoms with E-state index in [1.807, 2.05) is 12.2 Å². The number of likely N-dealkylation sites (N-methyl/N-ethyl adjacent to an activating group) is 1. The van der Waals surface area contributed by atoms with Gasteiger partial charge >= 0.3 is 0 Å². The Kier molecular flexibility index (Phi) is 5.58. The van der Waals surface area contributed by atoms with Crippen LogP contribution in [0.2, 0.25) is 0 Å². The molecule has 0 rings (SSSR count). The molecular formula is C11H16NO+. The topological polar surface area (TPSA) is 17.1 Å². The summed E-state index contributed by atoms with van der Waals surface area (Å²) in [5, 5.41) is 0. The highest BCUT2D eigenvalue weighted by Gasteiger charge is 2.15. The fourth-order valence-corrected chi connectivity index (χ4v) is 1.15. The molecule has 0 atom stereocenters. The molecule has 0 saturated carbocycles. The Labute approximate surface area is 79.8 Å². The van der Waals surface area contributed by atoms with Gasteiger partial charge in [0, 0.05) is 6.08 Å². The van der Waals surface area contributed by atoms with E-state index in [9.17, 15) is 4.79 Å². The minimum absolute atomic E-state index is 0.743. The van der Waals surface area contributed by atoms with Crippen molar-refractivity contribution in [2.75, 3.05) is 26.7 Å². The van der Waals surface area contributed by atoms with Crippen LogP contribution in [-0.4, -0.2) is 37.1 Å². The summed E-state index contributed by atoms with van der Waals surface area (Å²) >= 11 is 0. The van der Waals surface area contributed by atoms with Crippen molar-refractivity contribution in [3.8, 4) is 0 Å². The van der Waals surface area contributed by atoms with Crippen molar-refractivity contribution < 1.29 is 9.28 Å². The van der Waals surface area contributed by atoms with E-state index < -0.39 is 0 Å². The third-order valence-corrected chi connectivity index (χ3v) is 1.83. The van der Waals surface area contributed by atoms with Crippen molar-refractivity contribution in [1.82, 2.24) is 0 Å². The average Bonchev–Trinajstić information content (AvgIpc) is 2.05. The Morgan fingerprint density at radius 1 is 1.23 bits per heavy atom. The van der Waals surface area contributed by atoms with Gasteiger partial charge < -0.3 is 4.48 Å². The van der Waals surface area contributed by atoms with Crippen molar-refractivity contribution in [1.29, 1.82) is 0 Å². The lowest BCUT2D eigenvalue weighted by Gasteiger charge is -2.30. The van der Waals surface area contributed by atoms with Gasteiger partial charge in [-0.15, -0.1) is 0 Å². The van der Waals surface area contributed by atoms with Crippen LogP contribution >= 0.6 is 0 Å². The lowest BCUT2D eigenvalue weighted by Crippen LogP contribution is -2.44. The van der Waals surface area contributed by atoms with Crippen LogP contribution in [0.3, 0.4) is 0 Å². The fraction of sp³-hybridized carbons (Fsp3) is 0.364. The molecule has 70 valence electrons. The number of nitrogens with zero attached hydrogens (tertiary/aromatic N) is 1. The molecule has 0 bridgehead atoms. The summed E-state index contributed by atoms with van der Waals surface area (Å²) in [6, 6.07) is 0. The van der Waals surface area contributed by atoms with Gasteiger partial charge in [-0.3, -0.25) is 0 Å². The van der Waals surface area contributed by atoms with E-state index in [2.05, 4.69) is 25.9 Å². The van der Waals surface area contributed by atoms with Gasteiger partial charge in [-0.2, -0.15) is 0 Å². The quantitative estimate of drug-likeness (QED) is 0.260. The van der Waals surface area contributed by atoms with Crippen molar-refractivity contribution >= 4 is 5.94 Å². The largest absolute Gasteiger partial charge is 0.316 e. The van der Waals surface area contributed by atoms with Crippen LogP contribution in [-0.2, 0) is 4.79 Å². The maximum absolute atomic E-state index is 9.89. The van der Waals surface area contributed by atoms with Crippen LogP contribution in [0.15, 0.2) is 37.1 Å². The monoisotopic (exact) mass is 178 g/mol. The molecule has 0 aliphatic heterocycles. The molecule has 0 aromatic rings. The minimum atomic E-state index is 0.743. The molecule has 0 unspecified atom stereocenters. The van der Waals surface area contributed by atoms with Crippen molar-refractivity contribution in [3.05, 3.63) is 37.1 Å². The van der Waals surface area contributed by atoms with Crippen molar-refractivity contribution in [2.24, 2.45) is 0 Å². The first-order valence-electron chi connectivity index (χ1n) is 4.18. The molecule has 2 heteroatoms. The van der Waals surface area contributed by atoms with Crippen LogP contribution in [0.5, 0.6) is 0 Å². The molecule has 0 saturated heterocycles. The molecule has 0 radical (unpaired) electrons. The predicted molar refractivity (Wildman–Crippen MR) is 55.0 cm³/mol. The normalized spacial score (nSPS) is 9.62. The summed E-state index contributed by atoms with van der Waals surface area (Å²) in [5.74, 6) is 1.61. The van der Waals surface area contributed by atoms with Gasteiger partial charge in [0.25, 0.3) is 0 Å². The molecule has 0 amide bonds. The number of hydrogen-bond acceptors (Lipinski definition) is 1. The van der Waals surface area contributed by atoms with Crippen LogP contribution in [0, 0.1) is 0 Å². The average molecular weight is 178 g/mol. The van der Waals surface area contributed by atoms with Gasteiger partial charge in [0.05, 0.1) is 20.1 Å². The molecular weight excluding hydrogens is 162 g/mol. The first kappa shape index (κ1) is 11.7. The van der Waals surface area contributed by atoms with Crippen molar-refractivity contribution in [2.45, 2.75) is 0 Å². The number of hydrogen-bond donors (Lipinski definition) is 0. The van der Waals surface area contributed by atoms with Crippen LogP contribution in [0.4, 0.5) is 0 Å².